The minimum Gasteiger partial charge on any atom is -0.340 e. The molecule has 3 nitrogen and oxygen atoms in total. The number of nitrogens with zero attached hydrogens (tertiary/aromatic N) is 2. The van der Waals surface area contributed by atoms with Crippen molar-refractivity contribution in [2.75, 3.05) is 5.32 Å². The van der Waals surface area contributed by atoms with Crippen LogP contribution in [0.2, 0.25) is 0 Å². The minimum atomic E-state index is 0.515. The summed E-state index contributed by atoms with van der Waals surface area (Å²) in [5.41, 5.74) is 2.29. The molecule has 2 aromatic rings. The highest BCUT2D eigenvalue weighted by molar-refractivity contribution is 5.55. The van der Waals surface area contributed by atoms with Crippen LogP contribution in [0.25, 0.3) is 0 Å². The summed E-state index contributed by atoms with van der Waals surface area (Å²) in [5.74, 6) is 1.39. The number of hydrogen-bond donors (Lipinski definition) is 1. The fourth-order valence-electron chi connectivity index (χ4n) is 1.46. The van der Waals surface area contributed by atoms with Crippen LogP contribution in [0.4, 0.5) is 11.5 Å². The number of anilines is 2. The molecule has 16 heavy (non-hydrogen) atoms. The minimum absolute atomic E-state index is 0.515. The van der Waals surface area contributed by atoms with Crippen LogP contribution in [0.3, 0.4) is 0 Å². The highest BCUT2D eigenvalue weighted by Gasteiger charge is 2.01. The van der Waals surface area contributed by atoms with Crippen molar-refractivity contribution in [2.24, 2.45) is 0 Å². The summed E-state index contributed by atoms with van der Waals surface area (Å²) in [6.45, 7) is 4.34. The lowest BCUT2D eigenvalue weighted by Gasteiger charge is -2.09. The predicted molar refractivity (Wildman–Crippen MR) is 65.8 cm³/mol. The van der Waals surface area contributed by atoms with E-state index in [1.807, 2.05) is 24.4 Å². The van der Waals surface area contributed by atoms with Crippen LogP contribution < -0.4 is 5.32 Å². The van der Waals surface area contributed by atoms with E-state index in [0.29, 0.717) is 5.92 Å². The largest absolute Gasteiger partial charge is 0.340 e. The Bertz CT molecular complexity index is 452. The van der Waals surface area contributed by atoms with Gasteiger partial charge in [-0.2, -0.15) is 0 Å². The SMILES string of the molecule is CC(C)c1ccnc(Nc2ccncc2)c1. The van der Waals surface area contributed by atoms with E-state index in [0.717, 1.165) is 11.5 Å². The third-order valence-corrected chi connectivity index (χ3v) is 2.40. The van der Waals surface area contributed by atoms with Gasteiger partial charge in [0.1, 0.15) is 5.82 Å². The van der Waals surface area contributed by atoms with Gasteiger partial charge in [0.15, 0.2) is 0 Å². The van der Waals surface area contributed by atoms with E-state index in [2.05, 4.69) is 35.2 Å². The van der Waals surface area contributed by atoms with Crippen LogP contribution >= 0.6 is 0 Å². The highest BCUT2D eigenvalue weighted by atomic mass is 15.0. The third-order valence-electron chi connectivity index (χ3n) is 2.40. The van der Waals surface area contributed by atoms with Crippen molar-refractivity contribution in [2.45, 2.75) is 19.8 Å². The Balaban J connectivity index is 2.19. The van der Waals surface area contributed by atoms with Gasteiger partial charge in [0.2, 0.25) is 0 Å². The van der Waals surface area contributed by atoms with Gasteiger partial charge in [0, 0.05) is 24.3 Å². The van der Waals surface area contributed by atoms with Crippen LogP contribution in [0, 0.1) is 0 Å². The lowest BCUT2D eigenvalue weighted by molar-refractivity contribution is 0.864. The summed E-state index contributed by atoms with van der Waals surface area (Å²) in [7, 11) is 0. The zero-order valence-electron chi connectivity index (χ0n) is 9.51. The molecule has 0 aliphatic rings. The molecule has 0 saturated carbocycles. The molecule has 1 N–H and O–H groups in total. The number of pyridine rings is 2. The van der Waals surface area contributed by atoms with E-state index in [4.69, 9.17) is 0 Å². The maximum Gasteiger partial charge on any atom is 0.130 e. The topological polar surface area (TPSA) is 37.8 Å². The first-order valence-electron chi connectivity index (χ1n) is 5.38. The maximum absolute atomic E-state index is 4.29. The molecule has 82 valence electrons. The van der Waals surface area contributed by atoms with E-state index in [9.17, 15) is 0 Å². The third kappa shape index (κ3) is 2.57. The van der Waals surface area contributed by atoms with E-state index in [1.54, 1.807) is 12.4 Å². The van der Waals surface area contributed by atoms with Crippen molar-refractivity contribution >= 4 is 11.5 Å². The Morgan fingerprint density at radius 3 is 2.50 bits per heavy atom. The Morgan fingerprint density at radius 1 is 1.06 bits per heavy atom. The summed E-state index contributed by atoms with van der Waals surface area (Å²) >= 11 is 0. The van der Waals surface area contributed by atoms with Crippen LogP contribution in [-0.4, -0.2) is 9.97 Å². The lowest BCUT2D eigenvalue weighted by Crippen LogP contribution is -1.95. The first-order chi connectivity index (χ1) is 7.75. The quantitative estimate of drug-likeness (QED) is 0.849. The summed E-state index contributed by atoms with van der Waals surface area (Å²) in [6, 6.07) is 7.96. The smallest absolute Gasteiger partial charge is 0.130 e. The molecule has 0 unspecified atom stereocenters. The van der Waals surface area contributed by atoms with Gasteiger partial charge in [0.05, 0.1) is 0 Å². The molecule has 0 amide bonds. The van der Waals surface area contributed by atoms with Gasteiger partial charge in [0.25, 0.3) is 0 Å². The molecular formula is C13H15N3. The van der Waals surface area contributed by atoms with Gasteiger partial charge in [-0.15, -0.1) is 0 Å². The molecule has 0 aliphatic heterocycles. The molecule has 0 bridgehead atoms. The van der Waals surface area contributed by atoms with Crippen LogP contribution in [0.5, 0.6) is 0 Å². The van der Waals surface area contributed by atoms with Crippen LogP contribution in [0.15, 0.2) is 42.9 Å². The van der Waals surface area contributed by atoms with Gasteiger partial charge >= 0.3 is 0 Å². The zero-order valence-corrected chi connectivity index (χ0v) is 9.51. The molecule has 0 radical (unpaired) electrons. The van der Waals surface area contributed by atoms with Crippen molar-refractivity contribution in [1.82, 2.24) is 9.97 Å². The van der Waals surface area contributed by atoms with E-state index in [1.165, 1.54) is 5.56 Å². The van der Waals surface area contributed by atoms with Crippen molar-refractivity contribution in [3.8, 4) is 0 Å². The Labute approximate surface area is 95.6 Å². The van der Waals surface area contributed by atoms with E-state index < -0.39 is 0 Å². The summed E-state index contributed by atoms with van der Waals surface area (Å²) in [4.78, 5) is 8.26. The normalized spacial score (nSPS) is 10.4. The lowest BCUT2D eigenvalue weighted by atomic mass is 10.1. The van der Waals surface area contributed by atoms with E-state index in [-0.39, 0.29) is 0 Å². The highest BCUT2D eigenvalue weighted by Crippen LogP contribution is 2.19. The van der Waals surface area contributed by atoms with Gasteiger partial charge in [-0.3, -0.25) is 4.98 Å². The van der Waals surface area contributed by atoms with Crippen molar-refractivity contribution in [3.63, 3.8) is 0 Å². The van der Waals surface area contributed by atoms with Gasteiger partial charge in [-0.25, -0.2) is 4.98 Å². The standard InChI is InChI=1S/C13H15N3/c1-10(2)11-3-8-15-13(9-11)16-12-4-6-14-7-5-12/h3-10H,1-2H3,(H,14,15,16). The molecule has 2 heterocycles. The Morgan fingerprint density at radius 2 is 1.81 bits per heavy atom. The predicted octanol–water partition coefficient (Wildman–Crippen LogP) is 3.34. The molecule has 3 heteroatoms. The Kier molecular flexibility index (Phi) is 3.15. The Hall–Kier alpha value is -1.90. The fraction of sp³-hybridized carbons (Fsp3) is 0.231. The van der Waals surface area contributed by atoms with Gasteiger partial charge in [-0.05, 0) is 35.7 Å². The first kappa shape index (κ1) is 10.6. The zero-order chi connectivity index (χ0) is 11.4. The number of hydrogen-bond acceptors (Lipinski definition) is 3. The van der Waals surface area contributed by atoms with Crippen molar-refractivity contribution < 1.29 is 0 Å². The molecule has 2 aromatic heterocycles. The van der Waals surface area contributed by atoms with E-state index >= 15 is 0 Å². The molecular weight excluding hydrogens is 198 g/mol. The second kappa shape index (κ2) is 4.75. The number of nitrogens with one attached hydrogen (secondary N) is 1. The van der Waals surface area contributed by atoms with Crippen LogP contribution in [-0.2, 0) is 0 Å². The van der Waals surface area contributed by atoms with Gasteiger partial charge in [-0.1, -0.05) is 13.8 Å². The monoisotopic (exact) mass is 213 g/mol. The van der Waals surface area contributed by atoms with Gasteiger partial charge < -0.3 is 5.32 Å². The van der Waals surface area contributed by atoms with Crippen LogP contribution in [0.1, 0.15) is 25.3 Å². The average molecular weight is 213 g/mol. The average Bonchev–Trinajstić information content (AvgIpc) is 2.30. The molecule has 0 atom stereocenters. The van der Waals surface area contributed by atoms with Crippen molar-refractivity contribution in [3.05, 3.63) is 48.4 Å². The first-order valence-corrected chi connectivity index (χ1v) is 5.38. The second-order valence-electron chi connectivity index (χ2n) is 3.99. The summed E-state index contributed by atoms with van der Waals surface area (Å²) < 4.78 is 0. The maximum atomic E-state index is 4.29. The molecule has 0 saturated heterocycles. The number of rotatable bonds is 3. The molecule has 0 spiro atoms. The fourth-order valence-corrected chi connectivity index (χ4v) is 1.46. The molecule has 0 fully saturated rings. The molecule has 0 aliphatic carbocycles. The molecule has 0 aromatic carbocycles. The summed E-state index contributed by atoms with van der Waals surface area (Å²) in [6.07, 6.45) is 5.35. The van der Waals surface area contributed by atoms with Crippen molar-refractivity contribution in [1.29, 1.82) is 0 Å². The molecule has 2 rings (SSSR count). The second-order valence-corrected chi connectivity index (χ2v) is 3.99. The number of aromatic nitrogens is 2. The summed E-state index contributed by atoms with van der Waals surface area (Å²) in [5, 5.41) is 3.25.